The Balaban J connectivity index is 2.39. The van der Waals surface area contributed by atoms with Gasteiger partial charge in [-0.1, -0.05) is 50.5 Å². The molecule has 1 aromatic rings. The SMILES string of the molecule is CCCCCCc1ccc(C(=O)[O-])cc1. The molecule has 0 saturated heterocycles. The molecule has 15 heavy (non-hydrogen) atoms. The lowest BCUT2D eigenvalue weighted by atomic mass is 10.0. The first-order valence-electron chi connectivity index (χ1n) is 5.54. The fraction of sp³-hybridized carbons (Fsp3) is 0.462. The zero-order chi connectivity index (χ0) is 11.1. The van der Waals surface area contributed by atoms with E-state index in [1.807, 2.05) is 12.1 Å². The van der Waals surface area contributed by atoms with E-state index in [0.29, 0.717) is 0 Å². The Hall–Kier alpha value is -1.31. The fourth-order valence-electron chi connectivity index (χ4n) is 1.56. The number of benzene rings is 1. The molecule has 1 rings (SSSR count). The Morgan fingerprint density at radius 1 is 1.13 bits per heavy atom. The molecule has 0 bridgehead atoms. The predicted octanol–water partition coefficient (Wildman–Crippen LogP) is 2.17. The lowest BCUT2D eigenvalue weighted by Gasteiger charge is -2.04. The van der Waals surface area contributed by atoms with Crippen molar-refractivity contribution < 1.29 is 9.90 Å². The quantitative estimate of drug-likeness (QED) is 0.668. The third-order valence-electron chi connectivity index (χ3n) is 2.51. The van der Waals surface area contributed by atoms with Crippen molar-refractivity contribution in [1.82, 2.24) is 0 Å². The van der Waals surface area contributed by atoms with Crippen LogP contribution in [0.4, 0.5) is 0 Å². The molecule has 2 heteroatoms. The van der Waals surface area contributed by atoms with Gasteiger partial charge in [0.15, 0.2) is 0 Å². The van der Waals surface area contributed by atoms with Gasteiger partial charge in [-0.25, -0.2) is 0 Å². The summed E-state index contributed by atoms with van der Waals surface area (Å²) in [6, 6.07) is 6.98. The highest BCUT2D eigenvalue weighted by Gasteiger charge is 1.95. The number of rotatable bonds is 6. The molecule has 2 nitrogen and oxygen atoms in total. The number of unbranched alkanes of at least 4 members (excludes halogenated alkanes) is 3. The van der Waals surface area contributed by atoms with Crippen LogP contribution in [0.3, 0.4) is 0 Å². The summed E-state index contributed by atoms with van der Waals surface area (Å²) < 4.78 is 0. The van der Waals surface area contributed by atoms with E-state index in [9.17, 15) is 9.90 Å². The molecule has 1 aromatic carbocycles. The van der Waals surface area contributed by atoms with Crippen LogP contribution >= 0.6 is 0 Å². The number of hydrogen-bond acceptors (Lipinski definition) is 2. The average Bonchev–Trinajstić information content (AvgIpc) is 2.25. The summed E-state index contributed by atoms with van der Waals surface area (Å²) in [5, 5.41) is 10.5. The van der Waals surface area contributed by atoms with Gasteiger partial charge in [0.05, 0.1) is 5.97 Å². The van der Waals surface area contributed by atoms with Gasteiger partial charge < -0.3 is 9.90 Å². The van der Waals surface area contributed by atoms with Crippen LogP contribution < -0.4 is 5.11 Å². The zero-order valence-electron chi connectivity index (χ0n) is 9.16. The van der Waals surface area contributed by atoms with E-state index in [0.717, 1.165) is 6.42 Å². The van der Waals surface area contributed by atoms with Gasteiger partial charge in [0.2, 0.25) is 0 Å². The summed E-state index contributed by atoms with van der Waals surface area (Å²) in [5.74, 6) is -1.10. The summed E-state index contributed by atoms with van der Waals surface area (Å²) in [6.07, 6.45) is 5.98. The molecule has 0 N–H and O–H groups in total. The number of hydrogen-bond donors (Lipinski definition) is 0. The summed E-state index contributed by atoms with van der Waals surface area (Å²) >= 11 is 0. The number of aryl methyl sites for hydroxylation is 1. The van der Waals surface area contributed by atoms with Crippen LogP contribution in [-0.2, 0) is 6.42 Å². The fourth-order valence-corrected chi connectivity index (χ4v) is 1.56. The minimum atomic E-state index is -1.10. The predicted molar refractivity (Wildman–Crippen MR) is 58.6 cm³/mol. The largest absolute Gasteiger partial charge is 0.545 e. The second-order valence-corrected chi connectivity index (χ2v) is 3.80. The van der Waals surface area contributed by atoms with Crippen LogP contribution in [-0.4, -0.2) is 5.97 Å². The Kier molecular flexibility index (Phi) is 4.88. The average molecular weight is 205 g/mol. The van der Waals surface area contributed by atoms with E-state index in [1.54, 1.807) is 12.1 Å². The monoisotopic (exact) mass is 205 g/mol. The van der Waals surface area contributed by atoms with E-state index < -0.39 is 5.97 Å². The van der Waals surface area contributed by atoms with Gasteiger partial charge in [-0.3, -0.25) is 0 Å². The number of carbonyl (C=O) groups is 1. The molecular formula is C13H17O2-. The Labute approximate surface area is 90.9 Å². The van der Waals surface area contributed by atoms with E-state index in [-0.39, 0.29) is 5.56 Å². The topological polar surface area (TPSA) is 40.1 Å². The first-order valence-corrected chi connectivity index (χ1v) is 5.54. The third kappa shape index (κ3) is 4.15. The normalized spacial score (nSPS) is 10.2. The van der Waals surface area contributed by atoms with Crippen LogP contribution in [0.1, 0.15) is 48.5 Å². The van der Waals surface area contributed by atoms with Crippen LogP contribution in [0, 0.1) is 0 Å². The van der Waals surface area contributed by atoms with E-state index in [2.05, 4.69) is 6.92 Å². The highest BCUT2D eigenvalue weighted by molar-refractivity contribution is 5.85. The van der Waals surface area contributed by atoms with E-state index >= 15 is 0 Å². The first kappa shape index (κ1) is 11.8. The molecule has 0 heterocycles. The first-order chi connectivity index (χ1) is 7.24. The van der Waals surface area contributed by atoms with Gasteiger partial charge in [-0.2, -0.15) is 0 Å². The second-order valence-electron chi connectivity index (χ2n) is 3.80. The van der Waals surface area contributed by atoms with E-state index in [4.69, 9.17) is 0 Å². The van der Waals surface area contributed by atoms with E-state index in [1.165, 1.54) is 31.2 Å². The van der Waals surface area contributed by atoms with Gasteiger partial charge in [0.1, 0.15) is 0 Å². The molecular weight excluding hydrogens is 188 g/mol. The summed E-state index contributed by atoms with van der Waals surface area (Å²) in [5.41, 5.74) is 1.46. The standard InChI is InChI=1S/C13H18O2/c1-2-3-4-5-6-11-7-9-12(10-8-11)13(14)15/h7-10H,2-6H2,1H3,(H,14,15)/p-1. The van der Waals surface area contributed by atoms with Crippen molar-refractivity contribution in [3.63, 3.8) is 0 Å². The molecule has 0 aliphatic rings. The summed E-state index contributed by atoms with van der Waals surface area (Å²) in [6.45, 7) is 2.19. The van der Waals surface area contributed by atoms with Gasteiger partial charge in [0, 0.05) is 0 Å². The lowest BCUT2D eigenvalue weighted by molar-refractivity contribution is -0.255. The number of carbonyl (C=O) groups excluding carboxylic acids is 1. The second kappa shape index (κ2) is 6.23. The minimum Gasteiger partial charge on any atom is -0.545 e. The minimum absolute atomic E-state index is 0.257. The van der Waals surface area contributed by atoms with Crippen molar-refractivity contribution in [2.24, 2.45) is 0 Å². The number of carboxylic acid groups (broad SMARTS) is 1. The maximum atomic E-state index is 10.5. The molecule has 0 unspecified atom stereocenters. The summed E-state index contributed by atoms with van der Waals surface area (Å²) in [4.78, 5) is 10.5. The van der Waals surface area contributed by atoms with Crippen molar-refractivity contribution in [2.45, 2.75) is 39.0 Å². The third-order valence-corrected chi connectivity index (χ3v) is 2.51. The van der Waals surface area contributed by atoms with Crippen molar-refractivity contribution in [2.75, 3.05) is 0 Å². The molecule has 0 aromatic heterocycles. The molecule has 0 fully saturated rings. The van der Waals surface area contributed by atoms with Gasteiger partial charge in [-0.15, -0.1) is 0 Å². The molecule has 0 aliphatic carbocycles. The molecule has 82 valence electrons. The van der Waals surface area contributed by atoms with Crippen LogP contribution in [0.2, 0.25) is 0 Å². The molecule has 0 atom stereocenters. The van der Waals surface area contributed by atoms with Crippen LogP contribution in [0.15, 0.2) is 24.3 Å². The van der Waals surface area contributed by atoms with Gasteiger partial charge >= 0.3 is 0 Å². The highest BCUT2D eigenvalue weighted by Crippen LogP contribution is 2.09. The number of aromatic carboxylic acids is 1. The molecule has 0 amide bonds. The van der Waals surface area contributed by atoms with Crippen molar-refractivity contribution in [3.05, 3.63) is 35.4 Å². The van der Waals surface area contributed by atoms with Gasteiger partial charge in [-0.05, 0) is 24.0 Å². The Morgan fingerprint density at radius 2 is 1.80 bits per heavy atom. The number of carboxylic acids is 1. The summed E-state index contributed by atoms with van der Waals surface area (Å²) in [7, 11) is 0. The molecule has 0 saturated carbocycles. The Morgan fingerprint density at radius 3 is 2.33 bits per heavy atom. The van der Waals surface area contributed by atoms with Crippen molar-refractivity contribution in [3.8, 4) is 0 Å². The lowest BCUT2D eigenvalue weighted by Crippen LogP contribution is -2.21. The van der Waals surface area contributed by atoms with Crippen molar-refractivity contribution >= 4 is 5.97 Å². The van der Waals surface area contributed by atoms with Crippen molar-refractivity contribution in [1.29, 1.82) is 0 Å². The maximum absolute atomic E-state index is 10.5. The highest BCUT2D eigenvalue weighted by atomic mass is 16.4. The van der Waals surface area contributed by atoms with Gasteiger partial charge in [0.25, 0.3) is 0 Å². The zero-order valence-corrected chi connectivity index (χ0v) is 9.16. The molecule has 0 aliphatic heterocycles. The smallest absolute Gasteiger partial charge is 0.0715 e. The maximum Gasteiger partial charge on any atom is 0.0715 e. The Bertz CT molecular complexity index is 301. The van der Waals surface area contributed by atoms with Crippen LogP contribution in [0.25, 0.3) is 0 Å². The molecule has 0 spiro atoms. The molecule has 0 radical (unpaired) electrons. The van der Waals surface area contributed by atoms with Crippen LogP contribution in [0.5, 0.6) is 0 Å².